The summed E-state index contributed by atoms with van der Waals surface area (Å²) in [4.78, 5) is 4.60. The first kappa shape index (κ1) is 18.9. The fraction of sp³-hybridized carbons (Fsp3) is 0.0769. The van der Waals surface area contributed by atoms with E-state index in [0.717, 1.165) is 6.42 Å². The van der Waals surface area contributed by atoms with Crippen LogP contribution < -0.4 is 10.4 Å². The normalized spacial score (nSPS) is 15.7. The van der Waals surface area contributed by atoms with E-state index in [9.17, 15) is 0 Å². The number of allylic oxidation sites excluding steroid dienone is 6. The summed E-state index contributed by atoms with van der Waals surface area (Å²) in [6.45, 7) is 2.20. The van der Waals surface area contributed by atoms with Gasteiger partial charge in [0.2, 0.25) is 0 Å². The summed E-state index contributed by atoms with van der Waals surface area (Å²) in [7, 11) is 0. The SMILES string of the molecule is CC1=CC=CCC=C1/C(c1ccc(-c2ccccc2)s1)=c1/cccc/c1=C\Br. The monoisotopic (exact) mass is 444 g/mol. The van der Waals surface area contributed by atoms with Crippen LogP contribution in [0.5, 0.6) is 0 Å². The van der Waals surface area contributed by atoms with Gasteiger partial charge in [-0.2, -0.15) is 0 Å². The molecule has 1 aliphatic rings. The molecule has 1 heterocycles. The second-order valence-electron chi connectivity index (χ2n) is 6.73. The largest absolute Gasteiger partial charge is 0.135 e. The van der Waals surface area contributed by atoms with E-state index in [1.54, 1.807) is 0 Å². The third kappa shape index (κ3) is 3.89. The summed E-state index contributed by atoms with van der Waals surface area (Å²) in [6, 6.07) is 23.7. The number of hydrogen-bond acceptors (Lipinski definition) is 1. The number of halogens is 1. The lowest BCUT2D eigenvalue weighted by Gasteiger charge is -2.12. The summed E-state index contributed by atoms with van der Waals surface area (Å²) >= 11 is 5.42. The fourth-order valence-corrected chi connectivity index (χ4v) is 4.97. The van der Waals surface area contributed by atoms with E-state index < -0.39 is 0 Å². The van der Waals surface area contributed by atoms with Crippen LogP contribution in [-0.4, -0.2) is 0 Å². The van der Waals surface area contributed by atoms with Crippen LogP contribution in [0, 0.1) is 0 Å². The van der Waals surface area contributed by atoms with Gasteiger partial charge in [0.25, 0.3) is 0 Å². The van der Waals surface area contributed by atoms with Crippen molar-refractivity contribution >= 4 is 37.8 Å². The van der Waals surface area contributed by atoms with E-state index in [1.165, 1.54) is 42.5 Å². The summed E-state index contributed by atoms with van der Waals surface area (Å²) in [5, 5.41) is 2.44. The molecule has 4 rings (SSSR count). The molecule has 0 saturated carbocycles. The molecule has 1 aromatic heterocycles. The van der Waals surface area contributed by atoms with E-state index in [2.05, 4.69) is 114 Å². The summed E-state index contributed by atoms with van der Waals surface area (Å²) < 4.78 is 0. The molecule has 2 aromatic carbocycles. The van der Waals surface area contributed by atoms with Crippen LogP contribution in [0.3, 0.4) is 0 Å². The Hall–Kier alpha value is -2.42. The van der Waals surface area contributed by atoms with Gasteiger partial charge in [-0.1, -0.05) is 94.8 Å². The minimum absolute atomic E-state index is 0.948. The molecule has 0 saturated heterocycles. The Morgan fingerprint density at radius 3 is 2.57 bits per heavy atom. The third-order valence-corrected chi connectivity index (χ3v) is 6.54. The second kappa shape index (κ2) is 8.72. The van der Waals surface area contributed by atoms with Gasteiger partial charge >= 0.3 is 0 Å². The molecule has 0 fully saturated rings. The Labute approximate surface area is 178 Å². The van der Waals surface area contributed by atoms with E-state index in [0.29, 0.717) is 0 Å². The highest BCUT2D eigenvalue weighted by Gasteiger charge is 2.15. The molecule has 0 aliphatic heterocycles. The van der Waals surface area contributed by atoms with Gasteiger partial charge in [-0.25, -0.2) is 0 Å². The van der Waals surface area contributed by atoms with Crippen LogP contribution in [0.1, 0.15) is 18.2 Å². The van der Waals surface area contributed by atoms with Crippen molar-refractivity contribution in [3.8, 4) is 10.4 Å². The molecule has 0 unspecified atom stereocenters. The smallest absolute Gasteiger partial charge is 0.0361 e. The van der Waals surface area contributed by atoms with Crippen molar-refractivity contribution in [2.24, 2.45) is 0 Å². The minimum Gasteiger partial charge on any atom is -0.135 e. The number of hydrogen-bond donors (Lipinski definition) is 0. The molecule has 0 spiro atoms. The van der Waals surface area contributed by atoms with Gasteiger partial charge < -0.3 is 0 Å². The molecule has 0 N–H and O–H groups in total. The summed E-state index contributed by atoms with van der Waals surface area (Å²) in [5.41, 5.74) is 5.18. The maximum Gasteiger partial charge on any atom is 0.0361 e. The van der Waals surface area contributed by atoms with E-state index in [1.807, 2.05) is 16.3 Å². The molecule has 0 bridgehead atoms. The van der Waals surface area contributed by atoms with Crippen LogP contribution in [-0.2, 0) is 0 Å². The number of benzene rings is 2. The van der Waals surface area contributed by atoms with Crippen LogP contribution in [0.4, 0.5) is 0 Å². The van der Waals surface area contributed by atoms with Crippen LogP contribution in [0.25, 0.3) is 21.0 Å². The number of thiophene rings is 1. The van der Waals surface area contributed by atoms with Crippen molar-refractivity contribution in [3.63, 3.8) is 0 Å². The lowest BCUT2D eigenvalue weighted by molar-refractivity contribution is 1.34. The van der Waals surface area contributed by atoms with Gasteiger partial charge in [-0.3, -0.25) is 0 Å². The lowest BCUT2D eigenvalue weighted by atomic mass is 9.94. The van der Waals surface area contributed by atoms with E-state index >= 15 is 0 Å². The first-order chi connectivity index (χ1) is 13.8. The minimum atomic E-state index is 0.948. The molecule has 0 radical (unpaired) electrons. The Kier molecular flexibility index (Phi) is 5.90. The van der Waals surface area contributed by atoms with Crippen molar-refractivity contribution < 1.29 is 0 Å². The molecule has 0 nitrogen and oxygen atoms in total. The zero-order chi connectivity index (χ0) is 19.3. The predicted molar refractivity (Wildman–Crippen MR) is 127 cm³/mol. The first-order valence-corrected chi connectivity index (χ1v) is 11.1. The van der Waals surface area contributed by atoms with Crippen molar-refractivity contribution in [3.05, 3.63) is 117 Å². The predicted octanol–water partition coefficient (Wildman–Crippen LogP) is 6.58. The molecular formula is C26H21BrS. The van der Waals surface area contributed by atoms with Crippen LogP contribution in [0.2, 0.25) is 0 Å². The average Bonchev–Trinajstić information content (AvgIpc) is 3.13. The molecule has 138 valence electrons. The zero-order valence-electron chi connectivity index (χ0n) is 15.7. The van der Waals surface area contributed by atoms with Crippen molar-refractivity contribution in [2.75, 3.05) is 0 Å². The topological polar surface area (TPSA) is 0 Å². The van der Waals surface area contributed by atoms with Gasteiger partial charge in [-0.05, 0) is 57.6 Å². The van der Waals surface area contributed by atoms with Crippen molar-refractivity contribution in [1.82, 2.24) is 0 Å². The fourth-order valence-electron chi connectivity index (χ4n) is 3.49. The van der Waals surface area contributed by atoms with E-state index in [-0.39, 0.29) is 0 Å². The Morgan fingerprint density at radius 2 is 1.75 bits per heavy atom. The maximum atomic E-state index is 3.56. The molecule has 3 aromatic rings. The highest BCUT2D eigenvalue weighted by atomic mass is 79.9. The van der Waals surface area contributed by atoms with Gasteiger partial charge in [0, 0.05) is 15.3 Å². The summed E-state index contributed by atoms with van der Waals surface area (Å²) in [6.07, 6.45) is 9.87. The average molecular weight is 445 g/mol. The molecule has 0 atom stereocenters. The zero-order valence-corrected chi connectivity index (χ0v) is 18.1. The van der Waals surface area contributed by atoms with Crippen LogP contribution >= 0.6 is 27.3 Å². The van der Waals surface area contributed by atoms with Gasteiger partial charge in [0.1, 0.15) is 0 Å². The third-order valence-electron chi connectivity index (χ3n) is 4.89. The van der Waals surface area contributed by atoms with E-state index in [4.69, 9.17) is 0 Å². The van der Waals surface area contributed by atoms with Crippen molar-refractivity contribution in [2.45, 2.75) is 13.3 Å². The standard InChI is InChI=1S/C26H21BrS/c1-19-10-4-2-7-14-22(19)26(23-15-9-8-13-21(23)18-27)25-17-16-24(28-25)20-11-5-3-6-12-20/h2-6,8-18H,7H2,1H3/b21-18+,26-23+. The quantitative estimate of drug-likeness (QED) is 0.427. The lowest BCUT2D eigenvalue weighted by Crippen LogP contribution is -2.26. The van der Waals surface area contributed by atoms with Crippen molar-refractivity contribution in [1.29, 1.82) is 0 Å². The first-order valence-electron chi connectivity index (χ1n) is 9.37. The Bertz CT molecular complexity index is 1190. The maximum absolute atomic E-state index is 3.56. The molecule has 28 heavy (non-hydrogen) atoms. The van der Waals surface area contributed by atoms with Gasteiger partial charge in [0.05, 0.1) is 0 Å². The molecule has 2 heteroatoms. The molecule has 0 amide bonds. The number of rotatable bonds is 3. The van der Waals surface area contributed by atoms with Gasteiger partial charge in [-0.15, -0.1) is 11.3 Å². The Morgan fingerprint density at radius 1 is 0.964 bits per heavy atom. The summed E-state index contributed by atoms with van der Waals surface area (Å²) in [5.74, 6) is 0. The van der Waals surface area contributed by atoms with Crippen LogP contribution in [0.15, 0.2) is 102 Å². The van der Waals surface area contributed by atoms with Gasteiger partial charge in [0.15, 0.2) is 0 Å². The highest BCUT2D eigenvalue weighted by molar-refractivity contribution is 9.14. The molecular weight excluding hydrogens is 424 g/mol. The Balaban J connectivity index is 1.99. The molecule has 1 aliphatic carbocycles. The highest BCUT2D eigenvalue weighted by Crippen LogP contribution is 2.36. The second-order valence-corrected chi connectivity index (χ2v) is 8.27.